The van der Waals surface area contributed by atoms with Crippen LogP contribution in [0.25, 0.3) is 11.0 Å². The molecule has 7 nitrogen and oxygen atoms in total. The minimum Gasteiger partial charge on any atom is -0.493 e. The highest BCUT2D eigenvalue weighted by Crippen LogP contribution is 2.30. The summed E-state index contributed by atoms with van der Waals surface area (Å²) in [6, 6.07) is 9.13. The Morgan fingerprint density at radius 1 is 1.12 bits per heavy atom. The molecule has 126 valence electrons. The van der Waals surface area contributed by atoms with Crippen LogP contribution in [0.1, 0.15) is 5.69 Å². The molecule has 0 amide bonds. The number of imidazole rings is 1. The molecule has 0 radical (unpaired) electrons. The van der Waals surface area contributed by atoms with Gasteiger partial charge in [0.05, 0.1) is 42.0 Å². The Morgan fingerprint density at radius 2 is 1.92 bits per heavy atom. The Kier molecular flexibility index (Phi) is 4.66. The van der Waals surface area contributed by atoms with Crippen molar-refractivity contribution in [3.63, 3.8) is 0 Å². The van der Waals surface area contributed by atoms with E-state index in [1.54, 1.807) is 19.4 Å². The molecular weight excluding hydrogens is 330 g/mol. The molecule has 0 fully saturated rings. The average Bonchev–Trinajstić information content (AvgIpc) is 3.00. The molecule has 0 aliphatic rings. The Hall–Kier alpha value is -2.61. The van der Waals surface area contributed by atoms with Crippen molar-refractivity contribution in [2.75, 3.05) is 21.3 Å². The number of ether oxygens (including phenoxy) is 2. The molecule has 3 rings (SSSR count). The summed E-state index contributed by atoms with van der Waals surface area (Å²) in [6.45, 7) is 0. The number of pyridine rings is 1. The fraction of sp³-hybridized carbons (Fsp3) is 0.250. The lowest BCUT2D eigenvalue weighted by Crippen LogP contribution is -2.13. The van der Waals surface area contributed by atoms with Gasteiger partial charge in [-0.3, -0.25) is 9.19 Å². The van der Waals surface area contributed by atoms with Crippen molar-refractivity contribution in [1.82, 2.24) is 14.7 Å². The van der Waals surface area contributed by atoms with Crippen molar-refractivity contribution < 1.29 is 18.5 Å². The summed E-state index contributed by atoms with van der Waals surface area (Å²) in [5.41, 5.74) is 2.01. The van der Waals surface area contributed by atoms with Crippen molar-refractivity contribution in [2.24, 2.45) is 0 Å². The van der Waals surface area contributed by atoms with Gasteiger partial charge in [0.1, 0.15) is 12.6 Å². The summed E-state index contributed by atoms with van der Waals surface area (Å²) in [6.07, 6.45) is 1.59. The zero-order valence-electron chi connectivity index (χ0n) is 13.6. The molecule has 0 saturated heterocycles. The summed E-state index contributed by atoms with van der Waals surface area (Å²) in [7, 11) is 3.11. The zero-order chi connectivity index (χ0) is 17.1. The van der Waals surface area contributed by atoms with Crippen LogP contribution in [-0.2, 0) is 16.6 Å². The maximum atomic E-state index is 12.8. The van der Waals surface area contributed by atoms with Gasteiger partial charge in [-0.2, -0.15) is 4.73 Å². The smallest absolute Gasteiger partial charge is 0.234 e. The minimum absolute atomic E-state index is 0.132. The number of hydrogen-bond donors (Lipinski definition) is 0. The normalized spacial score (nSPS) is 12.1. The molecule has 2 aromatic heterocycles. The van der Waals surface area contributed by atoms with E-state index in [0.29, 0.717) is 27.9 Å². The van der Waals surface area contributed by atoms with Crippen molar-refractivity contribution >= 4 is 21.8 Å². The SMILES string of the molecule is COc1ccnc(CS(=O)c2nc3ccccc3n2OC)c1OC. The number of methoxy groups -OCH3 is 2. The minimum atomic E-state index is -1.47. The molecule has 1 atom stereocenters. The number of para-hydroxylation sites is 2. The van der Waals surface area contributed by atoms with Crippen LogP contribution in [0.2, 0.25) is 0 Å². The van der Waals surface area contributed by atoms with E-state index in [2.05, 4.69) is 9.97 Å². The van der Waals surface area contributed by atoms with E-state index in [9.17, 15) is 4.21 Å². The first kappa shape index (κ1) is 16.3. The first-order valence-electron chi connectivity index (χ1n) is 7.15. The number of hydrogen-bond acceptors (Lipinski definition) is 6. The van der Waals surface area contributed by atoms with Gasteiger partial charge < -0.3 is 14.3 Å². The zero-order valence-corrected chi connectivity index (χ0v) is 14.4. The first-order valence-corrected chi connectivity index (χ1v) is 8.47. The van der Waals surface area contributed by atoms with Crippen LogP contribution in [-0.4, -0.2) is 40.2 Å². The highest BCUT2D eigenvalue weighted by atomic mass is 32.2. The highest BCUT2D eigenvalue weighted by molar-refractivity contribution is 7.84. The fourth-order valence-electron chi connectivity index (χ4n) is 2.44. The van der Waals surface area contributed by atoms with Gasteiger partial charge in [-0.05, 0) is 12.1 Å². The lowest BCUT2D eigenvalue weighted by molar-refractivity contribution is 0.154. The third-order valence-electron chi connectivity index (χ3n) is 3.51. The lowest BCUT2D eigenvalue weighted by Gasteiger charge is -2.11. The van der Waals surface area contributed by atoms with E-state index in [0.717, 1.165) is 5.52 Å². The average molecular weight is 347 g/mol. The summed E-state index contributed by atoms with van der Waals surface area (Å²) in [4.78, 5) is 14.0. The van der Waals surface area contributed by atoms with Gasteiger partial charge >= 0.3 is 0 Å². The third-order valence-corrected chi connectivity index (χ3v) is 4.71. The number of nitrogens with zero attached hydrogens (tertiary/aromatic N) is 3. The number of aromatic nitrogens is 3. The second kappa shape index (κ2) is 6.88. The van der Waals surface area contributed by atoms with Gasteiger partial charge in [0.25, 0.3) is 0 Å². The summed E-state index contributed by atoms with van der Waals surface area (Å²) < 4.78 is 24.9. The van der Waals surface area contributed by atoms with Crippen LogP contribution in [0.3, 0.4) is 0 Å². The van der Waals surface area contributed by atoms with Crippen molar-refractivity contribution in [1.29, 1.82) is 0 Å². The number of rotatable bonds is 6. The maximum absolute atomic E-state index is 12.8. The van der Waals surface area contributed by atoms with E-state index >= 15 is 0 Å². The van der Waals surface area contributed by atoms with Crippen LogP contribution in [0, 0.1) is 0 Å². The molecule has 0 spiro atoms. The van der Waals surface area contributed by atoms with Gasteiger partial charge in [-0.25, -0.2) is 4.98 Å². The fourth-order valence-corrected chi connectivity index (χ4v) is 3.58. The van der Waals surface area contributed by atoms with Crippen LogP contribution in [0.15, 0.2) is 41.7 Å². The van der Waals surface area contributed by atoms with Gasteiger partial charge in [-0.15, -0.1) is 0 Å². The molecule has 0 N–H and O–H groups in total. The first-order chi connectivity index (χ1) is 11.7. The Bertz CT molecular complexity index is 894. The number of fused-ring (bicyclic) bond motifs is 1. The second-order valence-corrected chi connectivity index (χ2v) is 6.19. The highest BCUT2D eigenvalue weighted by Gasteiger charge is 2.20. The van der Waals surface area contributed by atoms with E-state index < -0.39 is 10.8 Å². The van der Waals surface area contributed by atoms with Crippen LogP contribution < -0.4 is 14.3 Å². The molecular formula is C16H17N3O4S. The molecule has 2 heterocycles. The summed E-state index contributed by atoms with van der Waals surface area (Å²) in [5, 5.41) is 0.324. The second-order valence-electron chi connectivity index (χ2n) is 4.84. The standard InChI is InChI=1S/C16H17N3O4S/c1-21-14-8-9-17-12(15(14)22-2)10-24(20)16-18-11-6-4-5-7-13(11)19(16)23-3/h4-9H,10H2,1-3H3. The van der Waals surface area contributed by atoms with Crippen LogP contribution in [0.4, 0.5) is 0 Å². The largest absolute Gasteiger partial charge is 0.493 e. The van der Waals surface area contributed by atoms with Crippen molar-refractivity contribution in [2.45, 2.75) is 10.9 Å². The molecule has 1 unspecified atom stereocenters. The summed E-state index contributed by atoms with van der Waals surface area (Å²) >= 11 is 0. The van der Waals surface area contributed by atoms with E-state index in [-0.39, 0.29) is 5.75 Å². The van der Waals surface area contributed by atoms with Crippen LogP contribution >= 0.6 is 0 Å². The Labute approximate surface area is 141 Å². The van der Waals surface area contributed by atoms with E-state index in [1.165, 1.54) is 19.0 Å². The summed E-state index contributed by atoms with van der Waals surface area (Å²) in [5.74, 6) is 1.14. The molecule has 0 aliphatic heterocycles. The molecule has 0 bridgehead atoms. The van der Waals surface area contributed by atoms with Crippen molar-refractivity contribution in [3.05, 3.63) is 42.2 Å². The third kappa shape index (κ3) is 2.80. The van der Waals surface area contributed by atoms with Gasteiger partial charge in [-0.1, -0.05) is 12.1 Å². The predicted molar refractivity (Wildman–Crippen MR) is 89.7 cm³/mol. The maximum Gasteiger partial charge on any atom is 0.234 e. The van der Waals surface area contributed by atoms with Gasteiger partial charge in [0.2, 0.25) is 5.16 Å². The quantitative estimate of drug-likeness (QED) is 0.677. The Balaban J connectivity index is 1.99. The molecule has 3 aromatic rings. The van der Waals surface area contributed by atoms with E-state index in [4.69, 9.17) is 14.3 Å². The molecule has 1 aromatic carbocycles. The lowest BCUT2D eigenvalue weighted by atomic mass is 10.3. The molecule has 24 heavy (non-hydrogen) atoms. The monoisotopic (exact) mass is 347 g/mol. The number of benzene rings is 1. The van der Waals surface area contributed by atoms with Crippen molar-refractivity contribution in [3.8, 4) is 11.5 Å². The Morgan fingerprint density at radius 3 is 2.62 bits per heavy atom. The molecule has 0 aliphatic carbocycles. The topological polar surface area (TPSA) is 75.5 Å². The molecule has 8 heteroatoms. The van der Waals surface area contributed by atoms with Gasteiger partial charge in [0, 0.05) is 12.3 Å². The van der Waals surface area contributed by atoms with Gasteiger partial charge in [0.15, 0.2) is 11.5 Å². The predicted octanol–water partition coefficient (Wildman–Crippen LogP) is 1.81. The van der Waals surface area contributed by atoms with E-state index in [1.807, 2.05) is 24.3 Å². The van der Waals surface area contributed by atoms with Crippen LogP contribution in [0.5, 0.6) is 11.5 Å². The molecule has 0 saturated carbocycles.